The highest BCUT2D eigenvalue weighted by Crippen LogP contribution is 2.19. The van der Waals surface area contributed by atoms with Crippen LogP contribution in [-0.2, 0) is 6.42 Å². The Morgan fingerprint density at radius 3 is 3.00 bits per heavy atom. The summed E-state index contributed by atoms with van der Waals surface area (Å²) in [6.45, 7) is 0.584. The van der Waals surface area contributed by atoms with Gasteiger partial charge in [0.15, 0.2) is 0 Å². The van der Waals surface area contributed by atoms with Gasteiger partial charge in [-0.25, -0.2) is 0 Å². The van der Waals surface area contributed by atoms with Crippen LogP contribution in [0.4, 0.5) is 0 Å². The molecular formula is C10H11N3O. The van der Waals surface area contributed by atoms with Gasteiger partial charge >= 0.3 is 0 Å². The minimum Gasteiger partial charge on any atom is -0.364 e. The highest BCUT2D eigenvalue weighted by Gasteiger charge is 2.09. The van der Waals surface area contributed by atoms with Crippen molar-refractivity contribution in [2.75, 3.05) is 6.54 Å². The van der Waals surface area contributed by atoms with Crippen molar-refractivity contribution >= 4 is 0 Å². The Hall–Kier alpha value is -1.68. The van der Waals surface area contributed by atoms with Crippen molar-refractivity contribution in [2.45, 2.75) is 6.42 Å². The van der Waals surface area contributed by atoms with Gasteiger partial charge < -0.3 is 10.3 Å². The molecule has 2 rings (SSSR count). The Morgan fingerprint density at radius 1 is 1.36 bits per heavy atom. The Morgan fingerprint density at radius 2 is 2.29 bits per heavy atom. The molecule has 72 valence electrons. The lowest BCUT2D eigenvalue weighted by atomic mass is 10.1. The van der Waals surface area contributed by atoms with Crippen molar-refractivity contribution in [1.82, 2.24) is 10.1 Å². The van der Waals surface area contributed by atoms with Crippen LogP contribution in [-0.4, -0.2) is 16.7 Å². The molecule has 2 heterocycles. The maximum atomic E-state index is 5.48. The molecule has 0 radical (unpaired) electrons. The third-order valence-corrected chi connectivity index (χ3v) is 1.96. The number of nitrogens with two attached hydrogens (primary N) is 1. The van der Waals surface area contributed by atoms with Crippen molar-refractivity contribution < 1.29 is 4.52 Å². The lowest BCUT2D eigenvalue weighted by molar-refractivity contribution is 0.421. The van der Waals surface area contributed by atoms with Crippen molar-refractivity contribution in [3.8, 4) is 11.4 Å². The molecule has 0 aliphatic rings. The van der Waals surface area contributed by atoms with E-state index in [4.69, 9.17) is 10.3 Å². The molecule has 2 aromatic rings. The molecule has 4 nitrogen and oxygen atoms in total. The summed E-state index contributed by atoms with van der Waals surface area (Å²) in [6, 6.07) is 5.69. The summed E-state index contributed by atoms with van der Waals surface area (Å²) < 4.78 is 4.91. The molecule has 14 heavy (non-hydrogen) atoms. The maximum absolute atomic E-state index is 5.48. The van der Waals surface area contributed by atoms with Gasteiger partial charge in [0, 0.05) is 11.8 Å². The molecule has 0 fully saturated rings. The predicted octanol–water partition coefficient (Wildman–Crippen LogP) is 1.24. The summed E-state index contributed by atoms with van der Waals surface area (Å²) >= 11 is 0. The third kappa shape index (κ3) is 1.65. The van der Waals surface area contributed by atoms with Gasteiger partial charge in [-0.2, -0.15) is 0 Å². The summed E-state index contributed by atoms with van der Waals surface area (Å²) in [5.74, 6) is 0. The maximum Gasteiger partial charge on any atom is 0.135 e. The number of nitrogens with zero attached hydrogens (tertiary/aromatic N) is 2. The fourth-order valence-corrected chi connectivity index (χ4v) is 1.30. The van der Waals surface area contributed by atoms with E-state index in [9.17, 15) is 0 Å². The van der Waals surface area contributed by atoms with Crippen LogP contribution in [0.2, 0.25) is 0 Å². The first-order chi connectivity index (χ1) is 6.92. The Balaban J connectivity index is 2.37. The first-order valence-corrected chi connectivity index (χ1v) is 4.46. The van der Waals surface area contributed by atoms with Gasteiger partial charge in [-0.05, 0) is 25.1 Å². The average Bonchev–Trinajstić information content (AvgIpc) is 2.68. The van der Waals surface area contributed by atoms with Crippen LogP contribution in [0.5, 0.6) is 0 Å². The molecule has 0 spiro atoms. The van der Waals surface area contributed by atoms with Gasteiger partial charge in [0.05, 0.1) is 5.69 Å². The highest BCUT2D eigenvalue weighted by molar-refractivity contribution is 5.57. The quantitative estimate of drug-likeness (QED) is 0.788. The number of hydrogen-bond acceptors (Lipinski definition) is 4. The summed E-state index contributed by atoms with van der Waals surface area (Å²) in [5, 5.41) is 3.91. The first-order valence-electron chi connectivity index (χ1n) is 4.46. The molecule has 0 unspecified atom stereocenters. The zero-order chi connectivity index (χ0) is 9.80. The van der Waals surface area contributed by atoms with E-state index in [0.717, 1.165) is 23.4 Å². The number of aromatic nitrogens is 2. The van der Waals surface area contributed by atoms with Gasteiger partial charge in [-0.3, -0.25) is 4.98 Å². The smallest absolute Gasteiger partial charge is 0.135 e. The molecule has 2 aromatic heterocycles. The SMILES string of the molecule is NCCc1conc1-c1ccccn1. The van der Waals surface area contributed by atoms with E-state index in [1.165, 1.54) is 0 Å². The van der Waals surface area contributed by atoms with Gasteiger partial charge in [0.1, 0.15) is 12.0 Å². The lowest BCUT2D eigenvalue weighted by Crippen LogP contribution is -2.03. The van der Waals surface area contributed by atoms with Gasteiger partial charge in [-0.1, -0.05) is 11.2 Å². The minimum absolute atomic E-state index is 0.584. The molecule has 0 aromatic carbocycles. The fraction of sp³-hybridized carbons (Fsp3) is 0.200. The van der Waals surface area contributed by atoms with E-state index in [2.05, 4.69) is 10.1 Å². The van der Waals surface area contributed by atoms with Crippen molar-refractivity contribution in [1.29, 1.82) is 0 Å². The van der Waals surface area contributed by atoms with Crippen LogP contribution in [0, 0.1) is 0 Å². The molecule has 0 aliphatic heterocycles. The standard InChI is InChI=1S/C10H11N3O/c11-5-4-8-7-14-13-10(8)9-3-1-2-6-12-9/h1-3,6-7H,4-5,11H2. The number of rotatable bonds is 3. The van der Waals surface area contributed by atoms with Gasteiger partial charge in [-0.15, -0.1) is 0 Å². The molecule has 0 saturated heterocycles. The van der Waals surface area contributed by atoms with E-state index >= 15 is 0 Å². The lowest BCUT2D eigenvalue weighted by Gasteiger charge is -1.97. The third-order valence-electron chi connectivity index (χ3n) is 1.96. The van der Waals surface area contributed by atoms with E-state index in [1.54, 1.807) is 12.5 Å². The van der Waals surface area contributed by atoms with Gasteiger partial charge in [0.25, 0.3) is 0 Å². The second-order valence-electron chi connectivity index (χ2n) is 2.94. The van der Waals surface area contributed by atoms with E-state index in [0.29, 0.717) is 6.54 Å². The largest absolute Gasteiger partial charge is 0.364 e. The van der Waals surface area contributed by atoms with Crippen LogP contribution in [0.15, 0.2) is 35.2 Å². The normalized spacial score (nSPS) is 10.4. The zero-order valence-corrected chi connectivity index (χ0v) is 7.68. The Kier molecular flexibility index (Phi) is 2.55. The molecule has 2 N–H and O–H groups in total. The van der Waals surface area contributed by atoms with Crippen LogP contribution in [0.1, 0.15) is 5.56 Å². The van der Waals surface area contributed by atoms with Crippen molar-refractivity contribution in [3.63, 3.8) is 0 Å². The van der Waals surface area contributed by atoms with Crippen molar-refractivity contribution in [2.24, 2.45) is 5.73 Å². The first kappa shape index (κ1) is 8.90. The summed E-state index contributed by atoms with van der Waals surface area (Å²) in [4.78, 5) is 4.20. The van der Waals surface area contributed by atoms with Gasteiger partial charge in [0.2, 0.25) is 0 Å². The topological polar surface area (TPSA) is 64.9 Å². The van der Waals surface area contributed by atoms with Crippen molar-refractivity contribution in [3.05, 3.63) is 36.2 Å². The summed E-state index contributed by atoms with van der Waals surface area (Å²) in [6.07, 6.45) is 4.11. The molecule has 4 heteroatoms. The number of hydrogen-bond donors (Lipinski definition) is 1. The molecular weight excluding hydrogens is 178 g/mol. The summed E-state index contributed by atoms with van der Waals surface area (Å²) in [5.41, 5.74) is 8.09. The minimum atomic E-state index is 0.584. The monoisotopic (exact) mass is 189 g/mol. The number of pyridine rings is 1. The van der Waals surface area contributed by atoms with E-state index < -0.39 is 0 Å². The Labute approximate surface area is 81.7 Å². The second-order valence-corrected chi connectivity index (χ2v) is 2.94. The average molecular weight is 189 g/mol. The van der Waals surface area contributed by atoms with E-state index in [1.807, 2.05) is 18.2 Å². The Bertz CT molecular complexity index is 397. The fourth-order valence-electron chi connectivity index (χ4n) is 1.30. The van der Waals surface area contributed by atoms with E-state index in [-0.39, 0.29) is 0 Å². The predicted molar refractivity (Wildman–Crippen MR) is 52.5 cm³/mol. The molecule has 0 atom stereocenters. The second kappa shape index (κ2) is 4.02. The van der Waals surface area contributed by atoms with Crippen LogP contribution < -0.4 is 5.73 Å². The molecule has 0 saturated carbocycles. The zero-order valence-electron chi connectivity index (χ0n) is 7.68. The van der Waals surface area contributed by atoms with Crippen LogP contribution in [0.3, 0.4) is 0 Å². The molecule has 0 aliphatic carbocycles. The molecule has 0 amide bonds. The highest BCUT2D eigenvalue weighted by atomic mass is 16.5. The van der Waals surface area contributed by atoms with Crippen LogP contribution >= 0.6 is 0 Å². The molecule has 0 bridgehead atoms. The van der Waals surface area contributed by atoms with Crippen LogP contribution in [0.25, 0.3) is 11.4 Å². The summed E-state index contributed by atoms with van der Waals surface area (Å²) in [7, 11) is 0.